The molecule has 3 nitrogen and oxygen atoms in total. The molecule has 0 fully saturated rings. The van der Waals surface area contributed by atoms with Gasteiger partial charge in [0, 0.05) is 38.6 Å². The minimum atomic E-state index is -0.179. The number of para-hydroxylation sites is 2. The SMILES string of the molecule is CC1(C)c2cc3ccccc3cc2-c2cccc(-c3ccc(-c4cc(-c5cccc6c5c5ccccc5n6-c5ccccc5)nc(-c5ccccc5)n4)c4ccccc34)c21. The van der Waals surface area contributed by atoms with Crippen molar-refractivity contribution in [2.45, 2.75) is 19.3 Å². The molecule has 60 heavy (non-hydrogen) atoms. The van der Waals surface area contributed by atoms with Gasteiger partial charge in [0.05, 0.1) is 22.4 Å². The highest BCUT2D eigenvalue weighted by molar-refractivity contribution is 6.16. The van der Waals surface area contributed by atoms with E-state index in [2.05, 4.69) is 213 Å². The topological polar surface area (TPSA) is 30.7 Å². The van der Waals surface area contributed by atoms with Crippen LogP contribution >= 0.6 is 0 Å². The van der Waals surface area contributed by atoms with E-state index in [0.29, 0.717) is 5.82 Å². The van der Waals surface area contributed by atoms with Crippen molar-refractivity contribution in [1.82, 2.24) is 14.5 Å². The van der Waals surface area contributed by atoms with Crippen LogP contribution in [0.25, 0.3) is 105 Å². The summed E-state index contributed by atoms with van der Waals surface area (Å²) in [7, 11) is 0. The number of hydrogen-bond donors (Lipinski definition) is 0. The maximum Gasteiger partial charge on any atom is 0.160 e. The van der Waals surface area contributed by atoms with E-state index >= 15 is 0 Å². The predicted molar refractivity (Wildman–Crippen MR) is 251 cm³/mol. The van der Waals surface area contributed by atoms with Crippen molar-refractivity contribution in [2.24, 2.45) is 0 Å². The van der Waals surface area contributed by atoms with Gasteiger partial charge in [0.1, 0.15) is 0 Å². The second-order valence-corrected chi connectivity index (χ2v) is 16.5. The van der Waals surface area contributed by atoms with Gasteiger partial charge in [-0.15, -0.1) is 0 Å². The minimum Gasteiger partial charge on any atom is -0.309 e. The monoisotopic (exact) mass is 765 g/mol. The van der Waals surface area contributed by atoms with Crippen LogP contribution in [0.2, 0.25) is 0 Å². The van der Waals surface area contributed by atoms with Crippen molar-refractivity contribution in [3.63, 3.8) is 0 Å². The zero-order valence-corrected chi connectivity index (χ0v) is 33.4. The molecule has 0 amide bonds. The second kappa shape index (κ2) is 13.2. The first-order chi connectivity index (χ1) is 29.5. The van der Waals surface area contributed by atoms with Crippen LogP contribution in [-0.2, 0) is 5.41 Å². The summed E-state index contributed by atoms with van der Waals surface area (Å²) in [6, 6.07) is 72.3. The average molecular weight is 766 g/mol. The molecule has 1 aliphatic carbocycles. The molecule has 0 saturated carbocycles. The fourth-order valence-electron chi connectivity index (χ4n) is 10.1. The summed E-state index contributed by atoms with van der Waals surface area (Å²) in [6.07, 6.45) is 0. The van der Waals surface area contributed by atoms with E-state index in [4.69, 9.17) is 9.97 Å². The number of aromatic nitrogens is 3. The fraction of sp³-hybridized carbons (Fsp3) is 0.0526. The van der Waals surface area contributed by atoms with E-state index in [1.165, 1.54) is 60.3 Å². The molecule has 0 N–H and O–H groups in total. The van der Waals surface area contributed by atoms with Gasteiger partial charge in [-0.05, 0) is 97.4 Å². The minimum absolute atomic E-state index is 0.179. The van der Waals surface area contributed by atoms with Gasteiger partial charge in [-0.3, -0.25) is 0 Å². The van der Waals surface area contributed by atoms with Gasteiger partial charge < -0.3 is 4.57 Å². The molecule has 0 unspecified atom stereocenters. The van der Waals surface area contributed by atoms with E-state index in [9.17, 15) is 0 Å². The van der Waals surface area contributed by atoms with Crippen LogP contribution in [0.4, 0.5) is 0 Å². The quantitative estimate of drug-likeness (QED) is 0.175. The zero-order chi connectivity index (χ0) is 40.0. The first kappa shape index (κ1) is 34.4. The maximum absolute atomic E-state index is 5.37. The van der Waals surface area contributed by atoms with Crippen molar-refractivity contribution in [2.75, 3.05) is 0 Å². The van der Waals surface area contributed by atoms with Crippen LogP contribution in [0.1, 0.15) is 25.0 Å². The lowest BCUT2D eigenvalue weighted by atomic mass is 9.78. The molecule has 0 aliphatic heterocycles. The molecule has 282 valence electrons. The molecule has 0 atom stereocenters. The fourth-order valence-corrected chi connectivity index (χ4v) is 10.1. The summed E-state index contributed by atoms with van der Waals surface area (Å²) in [5.41, 5.74) is 16.1. The van der Waals surface area contributed by atoms with Crippen molar-refractivity contribution in [3.8, 4) is 61.8 Å². The summed E-state index contributed by atoms with van der Waals surface area (Å²) >= 11 is 0. The standard InChI is InChI=1S/C57H39N3/c1-57(2)49-34-38-20-10-9-19-37(38)33-48(49)45-27-15-26-44(55(45)57)42-31-32-43(41-24-12-11-23-40(41)42)50-35-51(59-56(58-50)36-17-5-3-6-18-36)46-28-16-30-53-54(46)47-25-13-14-29-52(47)60(53)39-21-7-4-8-22-39/h3-35H,1-2H3. The van der Waals surface area contributed by atoms with Crippen LogP contribution in [0.3, 0.4) is 0 Å². The molecule has 2 heterocycles. The van der Waals surface area contributed by atoms with Gasteiger partial charge in [0.15, 0.2) is 5.82 Å². The van der Waals surface area contributed by atoms with Gasteiger partial charge in [-0.2, -0.15) is 0 Å². The smallest absolute Gasteiger partial charge is 0.160 e. The Hall–Kier alpha value is -7.62. The van der Waals surface area contributed by atoms with Crippen LogP contribution in [-0.4, -0.2) is 14.5 Å². The highest BCUT2D eigenvalue weighted by atomic mass is 15.0. The number of benzene rings is 9. The molecule has 0 saturated heterocycles. The summed E-state index contributed by atoms with van der Waals surface area (Å²) in [4.78, 5) is 10.7. The van der Waals surface area contributed by atoms with Crippen molar-refractivity contribution in [1.29, 1.82) is 0 Å². The highest BCUT2D eigenvalue weighted by Gasteiger charge is 2.38. The Balaban J connectivity index is 1.07. The Morgan fingerprint density at radius 1 is 0.400 bits per heavy atom. The van der Waals surface area contributed by atoms with Crippen LogP contribution in [0, 0.1) is 0 Å². The van der Waals surface area contributed by atoms with Gasteiger partial charge in [0.25, 0.3) is 0 Å². The molecule has 12 rings (SSSR count). The number of fused-ring (bicyclic) bond motifs is 8. The zero-order valence-electron chi connectivity index (χ0n) is 33.4. The Bertz CT molecular complexity index is 3500. The van der Waals surface area contributed by atoms with Crippen LogP contribution in [0.5, 0.6) is 0 Å². The lowest BCUT2D eigenvalue weighted by Crippen LogP contribution is -2.16. The second-order valence-electron chi connectivity index (χ2n) is 16.5. The normalized spacial score (nSPS) is 13.0. The molecule has 11 aromatic rings. The summed E-state index contributed by atoms with van der Waals surface area (Å²) in [5.74, 6) is 0.702. The first-order valence-electron chi connectivity index (χ1n) is 20.7. The molecule has 0 radical (unpaired) electrons. The van der Waals surface area contributed by atoms with Gasteiger partial charge in [-0.25, -0.2) is 9.97 Å². The highest BCUT2D eigenvalue weighted by Crippen LogP contribution is 2.54. The van der Waals surface area contributed by atoms with Gasteiger partial charge >= 0.3 is 0 Å². The molecule has 9 aromatic carbocycles. The third kappa shape index (κ3) is 5.15. The van der Waals surface area contributed by atoms with E-state index in [1.807, 2.05) is 6.07 Å². The van der Waals surface area contributed by atoms with Crippen molar-refractivity contribution >= 4 is 43.4 Å². The largest absolute Gasteiger partial charge is 0.309 e. The lowest BCUT2D eigenvalue weighted by molar-refractivity contribution is 0.663. The lowest BCUT2D eigenvalue weighted by Gasteiger charge is -2.25. The number of rotatable bonds is 5. The van der Waals surface area contributed by atoms with E-state index in [1.54, 1.807) is 0 Å². The summed E-state index contributed by atoms with van der Waals surface area (Å²) in [5, 5.41) is 7.29. The van der Waals surface area contributed by atoms with E-state index in [-0.39, 0.29) is 5.41 Å². The molecular formula is C57H39N3. The van der Waals surface area contributed by atoms with E-state index in [0.717, 1.165) is 50.2 Å². The first-order valence-corrected chi connectivity index (χ1v) is 20.7. The predicted octanol–water partition coefficient (Wildman–Crippen LogP) is 14.9. The third-order valence-corrected chi connectivity index (χ3v) is 12.8. The Kier molecular flexibility index (Phi) is 7.58. The molecule has 0 spiro atoms. The molecule has 3 heteroatoms. The van der Waals surface area contributed by atoms with Crippen LogP contribution in [0.15, 0.2) is 200 Å². The maximum atomic E-state index is 5.37. The Labute approximate surface area is 348 Å². The summed E-state index contributed by atoms with van der Waals surface area (Å²) in [6.45, 7) is 4.77. The Morgan fingerprint density at radius 3 is 1.72 bits per heavy atom. The summed E-state index contributed by atoms with van der Waals surface area (Å²) < 4.78 is 2.36. The third-order valence-electron chi connectivity index (χ3n) is 12.8. The van der Waals surface area contributed by atoms with E-state index < -0.39 is 0 Å². The molecule has 0 bridgehead atoms. The van der Waals surface area contributed by atoms with Crippen LogP contribution < -0.4 is 0 Å². The van der Waals surface area contributed by atoms with Crippen molar-refractivity contribution < 1.29 is 0 Å². The van der Waals surface area contributed by atoms with Gasteiger partial charge in [-0.1, -0.05) is 172 Å². The Morgan fingerprint density at radius 2 is 0.950 bits per heavy atom. The molecule has 1 aliphatic rings. The number of nitrogens with zero attached hydrogens (tertiary/aromatic N) is 3. The van der Waals surface area contributed by atoms with Crippen molar-refractivity contribution in [3.05, 3.63) is 211 Å². The molecular weight excluding hydrogens is 727 g/mol. The molecule has 2 aromatic heterocycles. The average Bonchev–Trinajstić information content (AvgIpc) is 3.76. The van der Waals surface area contributed by atoms with Gasteiger partial charge in [0.2, 0.25) is 0 Å². The number of hydrogen-bond acceptors (Lipinski definition) is 2.